The van der Waals surface area contributed by atoms with Crippen molar-refractivity contribution in [1.29, 1.82) is 0 Å². The second kappa shape index (κ2) is 35.7. The molecule has 0 heterocycles. The molecule has 86 heavy (non-hydrogen) atoms. The molecule has 0 spiro atoms. The molecule has 5 rings (SSSR count). The lowest BCUT2D eigenvalue weighted by atomic mass is 10.0. The van der Waals surface area contributed by atoms with Gasteiger partial charge in [-0.3, -0.25) is 52.9 Å². The summed E-state index contributed by atoms with van der Waals surface area (Å²) < 4.78 is 15.6. The summed E-state index contributed by atoms with van der Waals surface area (Å²) in [6.45, 7) is -3.24. The van der Waals surface area contributed by atoms with Crippen LogP contribution in [0.25, 0.3) is 0 Å². The summed E-state index contributed by atoms with van der Waals surface area (Å²) in [6.07, 6.45) is 0.629. The lowest BCUT2D eigenvalue weighted by molar-refractivity contribution is -0.145. The van der Waals surface area contributed by atoms with Crippen LogP contribution in [0.15, 0.2) is 146 Å². The Hall–Kier alpha value is -9.33. The van der Waals surface area contributed by atoms with Crippen LogP contribution in [0, 0.1) is 0 Å². The first kappa shape index (κ1) is 67.5. The number of hydrogen-bond acceptors (Lipinski definition) is 14. The molecule has 0 radical (unpaired) electrons. The SMILES string of the molecule is NCCCCC(NC(=O)CNC(=O)CNC(=O)CNC(=O)CNC(=O)CN(Cc1ccccc1)C(=O)CN(Cc1ccccc1)C(=O)CN(Cc1ccccc1)C(=O)CNCc1ccccc1)C(=O)NC(Cc1ccc(OP(=O)(O)O)cc1)C(=O)O. The van der Waals surface area contributed by atoms with Gasteiger partial charge < -0.3 is 67.3 Å². The van der Waals surface area contributed by atoms with Gasteiger partial charge in [0.2, 0.25) is 53.2 Å². The molecular weight excluding hydrogens is 1130 g/mol. The molecule has 26 nitrogen and oxygen atoms in total. The van der Waals surface area contributed by atoms with Crippen molar-refractivity contribution in [2.45, 2.75) is 63.9 Å². The van der Waals surface area contributed by atoms with Crippen LogP contribution < -0.4 is 47.5 Å². The van der Waals surface area contributed by atoms with Gasteiger partial charge in [-0.1, -0.05) is 133 Å². The van der Waals surface area contributed by atoms with Gasteiger partial charge in [-0.15, -0.1) is 0 Å². The summed E-state index contributed by atoms with van der Waals surface area (Å²) in [4.78, 5) is 154. The highest BCUT2D eigenvalue weighted by Gasteiger charge is 2.29. The van der Waals surface area contributed by atoms with Crippen LogP contribution in [-0.2, 0) is 85.1 Å². The summed E-state index contributed by atoms with van der Waals surface area (Å²) >= 11 is 0. The zero-order valence-electron chi connectivity index (χ0n) is 47.1. The minimum Gasteiger partial charge on any atom is -0.480 e. The number of phosphoric acid groups is 1. The topological polar surface area (TPSA) is 378 Å². The molecule has 0 saturated carbocycles. The number of carboxylic acid groups (broad SMARTS) is 1. The predicted molar refractivity (Wildman–Crippen MR) is 313 cm³/mol. The number of amides is 9. The number of aliphatic carboxylic acids is 1. The molecule has 5 aromatic carbocycles. The van der Waals surface area contributed by atoms with Gasteiger partial charge in [0.15, 0.2) is 0 Å². The molecular formula is C59H72N11O15P. The van der Waals surface area contributed by atoms with E-state index in [-0.39, 0.29) is 63.8 Å². The Morgan fingerprint density at radius 2 is 0.884 bits per heavy atom. The first-order valence-corrected chi connectivity index (χ1v) is 28.9. The third-order valence-electron chi connectivity index (χ3n) is 12.7. The smallest absolute Gasteiger partial charge is 0.480 e. The number of carbonyl (C=O) groups is 10. The molecule has 0 aliphatic carbocycles. The normalized spacial score (nSPS) is 11.6. The van der Waals surface area contributed by atoms with Crippen LogP contribution in [0.5, 0.6) is 5.75 Å². The molecule has 0 aliphatic heterocycles. The lowest BCUT2D eigenvalue weighted by Gasteiger charge is -2.30. The fourth-order valence-electron chi connectivity index (χ4n) is 8.33. The van der Waals surface area contributed by atoms with Crippen LogP contribution in [0.4, 0.5) is 0 Å². The molecule has 0 aliphatic rings. The summed E-state index contributed by atoms with van der Waals surface area (Å²) in [5.74, 6) is -7.94. The number of hydrogen-bond donors (Lipinski definition) is 11. The third-order valence-corrected chi connectivity index (χ3v) is 13.2. The maximum atomic E-state index is 14.4. The number of carbonyl (C=O) groups excluding carboxylic acids is 9. The van der Waals surface area contributed by atoms with Crippen molar-refractivity contribution < 1.29 is 71.9 Å². The standard InChI is InChI=1S/C59H72N11O15P/c60-28-14-13-23-48(58(79)67-49(59(80)81)29-42-24-26-47(27-25-42)85-86(82,83)84)66-53(74)34-64-51(72)32-62-50(71)31-63-52(73)33-65-54(75)39-68(36-44-17-7-2-8-18-44)56(77)41-70(38-46-21-11-4-12-22-46)57(78)40-69(37-45-19-9-3-10-20-45)55(76)35-61-30-43-15-5-1-6-16-43/h1-12,15-22,24-27,48-49,61H,13-14,23,28-41,60H2,(H,62,71)(H,63,73)(H,64,72)(H,65,75)(H,66,74)(H,67,79)(H,80,81)(H2,82,83,84). The lowest BCUT2D eigenvalue weighted by Crippen LogP contribution is -2.53. The average molecular weight is 1210 g/mol. The van der Waals surface area contributed by atoms with Gasteiger partial charge >= 0.3 is 13.8 Å². The van der Waals surface area contributed by atoms with E-state index in [4.69, 9.17) is 15.5 Å². The number of nitrogens with two attached hydrogens (primary N) is 1. The molecule has 9 amide bonds. The maximum absolute atomic E-state index is 14.4. The van der Waals surface area contributed by atoms with Crippen LogP contribution in [0.1, 0.15) is 47.1 Å². The van der Waals surface area contributed by atoms with E-state index in [0.717, 1.165) is 11.1 Å². The molecule has 5 aromatic rings. The van der Waals surface area contributed by atoms with Crippen LogP contribution >= 0.6 is 7.82 Å². The Morgan fingerprint density at radius 1 is 0.465 bits per heavy atom. The summed E-state index contributed by atoms with van der Waals surface area (Å²) in [7, 11) is -4.84. The first-order valence-electron chi connectivity index (χ1n) is 27.4. The number of rotatable bonds is 36. The molecule has 0 bridgehead atoms. The highest BCUT2D eigenvalue weighted by atomic mass is 31.2. The molecule has 458 valence electrons. The van der Waals surface area contributed by atoms with Crippen LogP contribution in [0.2, 0.25) is 0 Å². The van der Waals surface area contributed by atoms with E-state index in [1.807, 2.05) is 66.7 Å². The summed E-state index contributed by atoms with van der Waals surface area (Å²) in [5.41, 5.74) is 9.08. The van der Waals surface area contributed by atoms with E-state index in [1.165, 1.54) is 39.0 Å². The Kier molecular flexibility index (Phi) is 28.0. The van der Waals surface area contributed by atoms with E-state index in [1.54, 1.807) is 54.6 Å². The van der Waals surface area contributed by atoms with Crippen LogP contribution in [0.3, 0.4) is 0 Å². The fraction of sp³-hybridized carbons (Fsp3) is 0.322. The van der Waals surface area contributed by atoms with Gasteiger partial charge in [-0.2, -0.15) is 0 Å². The van der Waals surface area contributed by atoms with Crippen molar-refractivity contribution in [3.05, 3.63) is 173 Å². The molecule has 0 saturated heterocycles. The number of benzene rings is 5. The number of nitrogens with zero attached hydrogens (tertiary/aromatic N) is 3. The Balaban J connectivity index is 1.10. The van der Waals surface area contributed by atoms with Gasteiger partial charge in [0.1, 0.15) is 30.9 Å². The van der Waals surface area contributed by atoms with E-state index < -0.39 is 112 Å². The van der Waals surface area contributed by atoms with Crippen LogP contribution in [-0.4, -0.2) is 160 Å². The first-order chi connectivity index (χ1) is 41.2. The van der Waals surface area contributed by atoms with Gasteiger partial charge in [-0.05, 0) is 65.8 Å². The molecule has 2 unspecified atom stereocenters. The van der Waals surface area contributed by atoms with E-state index >= 15 is 0 Å². The quantitative estimate of drug-likeness (QED) is 0.0189. The Morgan fingerprint density at radius 3 is 1.33 bits per heavy atom. The van der Waals surface area contributed by atoms with Crippen molar-refractivity contribution in [2.24, 2.45) is 5.73 Å². The largest absolute Gasteiger partial charge is 0.524 e. The zero-order valence-corrected chi connectivity index (χ0v) is 48.0. The Labute approximate surface area is 496 Å². The zero-order chi connectivity index (χ0) is 62.3. The van der Waals surface area contributed by atoms with Crippen molar-refractivity contribution in [1.82, 2.24) is 51.9 Å². The number of phosphoric ester groups is 1. The van der Waals surface area contributed by atoms with Gasteiger partial charge in [-0.25, -0.2) is 9.36 Å². The van der Waals surface area contributed by atoms with Crippen molar-refractivity contribution in [2.75, 3.05) is 58.9 Å². The maximum Gasteiger partial charge on any atom is 0.524 e. The van der Waals surface area contributed by atoms with Gasteiger partial charge in [0.05, 0.1) is 39.3 Å². The monoisotopic (exact) mass is 1210 g/mol. The second-order valence-electron chi connectivity index (χ2n) is 19.6. The van der Waals surface area contributed by atoms with Gasteiger partial charge in [0, 0.05) is 32.6 Å². The number of nitrogens with one attached hydrogen (secondary N) is 7. The minimum absolute atomic E-state index is 0.00187. The van der Waals surface area contributed by atoms with Gasteiger partial charge in [0.25, 0.3) is 0 Å². The van der Waals surface area contributed by atoms with E-state index in [2.05, 4.69) is 41.7 Å². The van der Waals surface area contributed by atoms with Crippen molar-refractivity contribution in [3.63, 3.8) is 0 Å². The molecule has 12 N–H and O–H groups in total. The highest BCUT2D eigenvalue weighted by molar-refractivity contribution is 7.46. The number of unbranched alkanes of at least 4 members (excludes halogenated alkanes) is 1. The Bertz CT molecular complexity index is 3090. The summed E-state index contributed by atoms with van der Waals surface area (Å²) in [6, 6.07) is 38.9. The molecule has 27 heteroatoms. The minimum atomic E-state index is -4.84. The predicted octanol–water partition coefficient (Wildman–Crippen LogP) is 0.225. The molecule has 0 fully saturated rings. The molecule has 2 atom stereocenters. The third kappa shape index (κ3) is 26.1. The van der Waals surface area contributed by atoms with E-state index in [0.29, 0.717) is 36.1 Å². The average Bonchev–Trinajstić information content (AvgIpc) is 3.59. The van der Waals surface area contributed by atoms with Crippen molar-refractivity contribution >= 4 is 67.0 Å². The van der Waals surface area contributed by atoms with Crippen molar-refractivity contribution in [3.8, 4) is 5.75 Å². The molecule has 0 aromatic heterocycles. The summed E-state index contributed by atoms with van der Waals surface area (Å²) in [5, 5.41) is 27.1. The van der Waals surface area contributed by atoms with E-state index in [9.17, 15) is 57.6 Å². The second-order valence-corrected chi connectivity index (χ2v) is 20.8. The highest BCUT2D eigenvalue weighted by Crippen LogP contribution is 2.37. The number of carboxylic acids is 1. The fourth-order valence-corrected chi connectivity index (χ4v) is 8.72.